The van der Waals surface area contributed by atoms with E-state index in [2.05, 4.69) is 55.6 Å². The molecule has 3 aliphatic rings. The number of nitrogens with zero attached hydrogens (tertiary/aromatic N) is 3. The first-order chi connectivity index (χ1) is 14.4. The summed E-state index contributed by atoms with van der Waals surface area (Å²) in [6, 6.07) is 10.9. The van der Waals surface area contributed by atoms with Crippen molar-refractivity contribution < 1.29 is 9.90 Å². The zero-order valence-corrected chi connectivity index (χ0v) is 19.5. The third-order valence-corrected chi connectivity index (χ3v) is 8.64. The van der Waals surface area contributed by atoms with E-state index < -0.39 is 6.23 Å². The van der Waals surface area contributed by atoms with Crippen LogP contribution in [0.15, 0.2) is 30.3 Å². The van der Waals surface area contributed by atoms with Crippen molar-refractivity contribution >= 4 is 17.8 Å². The Hall–Kier alpha value is -1.24. The molecule has 1 atom stereocenters. The van der Waals surface area contributed by atoms with Gasteiger partial charge in [0.25, 0.3) is 0 Å². The van der Waals surface area contributed by atoms with Crippen LogP contribution >= 0.6 is 11.8 Å². The highest BCUT2D eigenvalue weighted by molar-refractivity contribution is 7.98. The van der Waals surface area contributed by atoms with Crippen LogP contribution in [-0.2, 0) is 5.54 Å². The molecular weight excluding hydrogens is 394 g/mol. The Morgan fingerprint density at radius 2 is 1.83 bits per heavy atom. The maximum absolute atomic E-state index is 13.4. The number of carbonyl (C=O) groups is 1. The van der Waals surface area contributed by atoms with Crippen LogP contribution in [0, 0.1) is 5.92 Å². The molecule has 0 radical (unpaired) electrons. The molecule has 1 N–H and O–H groups in total. The molecule has 1 aliphatic heterocycles. The first kappa shape index (κ1) is 22.0. The Morgan fingerprint density at radius 3 is 2.37 bits per heavy atom. The highest BCUT2D eigenvalue weighted by atomic mass is 32.2. The molecule has 2 amide bonds. The molecule has 1 saturated heterocycles. The molecule has 1 unspecified atom stereocenters. The van der Waals surface area contributed by atoms with Crippen LogP contribution in [0.3, 0.4) is 0 Å². The third-order valence-electron chi connectivity index (χ3n) is 8.05. The predicted octanol–water partition coefficient (Wildman–Crippen LogP) is 3.98. The molecular formula is C24H37N3O2S. The SMILES string of the molecule is CSCCN1CC2(CCC(c3ccccc3)(N(C)C)CC2)N(C(O)C2CCC2)C1=O. The molecule has 1 heterocycles. The van der Waals surface area contributed by atoms with Gasteiger partial charge in [0.1, 0.15) is 6.23 Å². The molecule has 2 saturated carbocycles. The van der Waals surface area contributed by atoms with Crippen LogP contribution in [0.25, 0.3) is 0 Å². The molecule has 5 nitrogen and oxygen atoms in total. The molecule has 2 aliphatic carbocycles. The predicted molar refractivity (Wildman–Crippen MR) is 124 cm³/mol. The fourth-order valence-electron chi connectivity index (χ4n) is 5.84. The number of thioether (sulfide) groups is 1. The number of carbonyl (C=O) groups excluding carboxylic acids is 1. The lowest BCUT2D eigenvalue weighted by Crippen LogP contribution is -2.59. The van der Waals surface area contributed by atoms with E-state index in [1.54, 1.807) is 11.8 Å². The minimum Gasteiger partial charge on any atom is -0.373 e. The Kier molecular flexibility index (Phi) is 6.38. The van der Waals surface area contributed by atoms with E-state index in [9.17, 15) is 9.90 Å². The summed E-state index contributed by atoms with van der Waals surface area (Å²) in [5, 5.41) is 11.2. The first-order valence-electron chi connectivity index (χ1n) is 11.4. The van der Waals surface area contributed by atoms with Crippen molar-refractivity contribution in [1.29, 1.82) is 0 Å². The largest absolute Gasteiger partial charge is 0.373 e. The van der Waals surface area contributed by atoms with E-state index in [0.29, 0.717) is 0 Å². The van der Waals surface area contributed by atoms with Crippen LogP contribution in [0.1, 0.15) is 50.5 Å². The molecule has 166 valence electrons. The number of rotatable bonds is 7. The van der Waals surface area contributed by atoms with Crippen LogP contribution in [0.2, 0.25) is 0 Å². The van der Waals surface area contributed by atoms with E-state index in [-0.39, 0.29) is 23.0 Å². The summed E-state index contributed by atoms with van der Waals surface area (Å²) >= 11 is 1.78. The van der Waals surface area contributed by atoms with Crippen LogP contribution in [0.4, 0.5) is 4.79 Å². The molecule has 3 fully saturated rings. The number of aliphatic hydroxyl groups is 1. The standard InChI is InChI=1S/C24H37N3O2S/c1-25(2)24(20-10-5-4-6-11-20)14-12-23(13-15-24)18-26(16-17-30-3)22(29)27(23)21(28)19-8-7-9-19/h4-6,10-11,19,21,28H,7-9,12-18H2,1-3H3. The first-order valence-corrected chi connectivity index (χ1v) is 12.8. The average Bonchev–Trinajstić information content (AvgIpc) is 2.97. The summed E-state index contributed by atoms with van der Waals surface area (Å²) in [6.07, 6.45) is 8.58. The fraction of sp³-hybridized carbons (Fsp3) is 0.708. The van der Waals surface area contributed by atoms with Gasteiger partial charge < -0.3 is 10.0 Å². The Balaban J connectivity index is 1.60. The maximum atomic E-state index is 13.4. The van der Waals surface area contributed by atoms with Gasteiger partial charge in [-0.2, -0.15) is 11.8 Å². The van der Waals surface area contributed by atoms with Crippen molar-refractivity contribution in [2.75, 3.05) is 39.2 Å². The van der Waals surface area contributed by atoms with Gasteiger partial charge in [0, 0.05) is 30.3 Å². The van der Waals surface area contributed by atoms with Gasteiger partial charge >= 0.3 is 6.03 Å². The summed E-state index contributed by atoms with van der Waals surface area (Å²) in [6.45, 7) is 1.53. The average molecular weight is 432 g/mol. The normalized spacial score (nSPS) is 30.9. The lowest BCUT2D eigenvalue weighted by Gasteiger charge is -2.52. The zero-order valence-electron chi connectivity index (χ0n) is 18.7. The highest BCUT2D eigenvalue weighted by Gasteiger charge is 2.57. The summed E-state index contributed by atoms with van der Waals surface area (Å²) in [4.78, 5) is 19.7. The molecule has 0 bridgehead atoms. The maximum Gasteiger partial charge on any atom is 0.322 e. The van der Waals surface area contributed by atoms with Gasteiger partial charge in [-0.1, -0.05) is 36.8 Å². The summed E-state index contributed by atoms with van der Waals surface area (Å²) in [5.74, 6) is 1.20. The van der Waals surface area contributed by atoms with Gasteiger partial charge in [0.05, 0.1) is 5.54 Å². The number of amides is 2. The van der Waals surface area contributed by atoms with E-state index >= 15 is 0 Å². The molecule has 1 spiro atoms. The number of urea groups is 1. The van der Waals surface area contributed by atoms with E-state index in [4.69, 9.17) is 0 Å². The summed E-state index contributed by atoms with van der Waals surface area (Å²) in [7, 11) is 4.35. The van der Waals surface area contributed by atoms with Gasteiger partial charge in [-0.05, 0) is 64.4 Å². The highest BCUT2D eigenvalue weighted by Crippen LogP contribution is 2.50. The fourth-order valence-corrected chi connectivity index (χ4v) is 6.25. The van der Waals surface area contributed by atoms with Crippen molar-refractivity contribution in [3.05, 3.63) is 35.9 Å². The van der Waals surface area contributed by atoms with E-state index in [0.717, 1.165) is 57.4 Å². The number of hydrogen-bond donors (Lipinski definition) is 1. The van der Waals surface area contributed by atoms with E-state index in [1.165, 1.54) is 12.0 Å². The minimum absolute atomic E-state index is 0.00462. The lowest BCUT2D eigenvalue weighted by molar-refractivity contribution is -0.0928. The van der Waals surface area contributed by atoms with Crippen molar-refractivity contribution in [2.45, 2.75) is 62.3 Å². The smallest absolute Gasteiger partial charge is 0.322 e. The topological polar surface area (TPSA) is 47.0 Å². The van der Waals surface area contributed by atoms with Gasteiger partial charge in [-0.15, -0.1) is 0 Å². The number of aliphatic hydroxyl groups excluding tert-OH is 1. The van der Waals surface area contributed by atoms with Crippen LogP contribution in [0.5, 0.6) is 0 Å². The molecule has 4 rings (SSSR count). The quantitative estimate of drug-likeness (QED) is 0.710. The van der Waals surface area contributed by atoms with Gasteiger partial charge in [0.2, 0.25) is 0 Å². The van der Waals surface area contributed by atoms with Crippen molar-refractivity contribution in [2.24, 2.45) is 5.92 Å². The third kappa shape index (κ3) is 3.65. The summed E-state index contributed by atoms with van der Waals surface area (Å²) < 4.78 is 0. The minimum atomic E-state index is -0.630. The lowest BCUT2D eigenvalue weighted by atomic mass is 9.68. The van der Waals surface area contributed by atoms with E-state index in [1.807, 2.05) is 9.80 Å². The Bertz CT molecular complexity index is 729. The number of hydrogen-bond acceptors (Lipinski definition) is 4. The summed E-state index contributed by atoms with van der Waals surface area (Å²) in [5.41, 5.74) is 1.12. The Morgan fingerprint density at radius 1 is 1.17 bits per heavy atom. The zero-order chi connectivity index (χ0) is 21.4. The second-order valence-corrected chi connectivity index (χ2v) is 10.7. The monoisotopic (exact) mass is 431 g/mol. The molecule has 1 aromatic rings. The molecule has 30 heavy (non-hydrogen) atoms. The molecule has 0 aromatic heterocycles. The van der Waals surface area contributed by atoms with Crippen molar-refractivity contribution in [1.82, 2.24) is 14.7 Å². The van der Waals surface area contributed by atoms with Crippen molar-refractivity contribution in [3.8, 4) is 0 Å². The van der Waals surface area contributed by atoms with Crippen LogP contribution in [-0.4, -0.2) is 76.8 Å². The van der Waals surface area contributed by atoms with Gasteiger partial charge in [0.15, 0.2) is 0 Å². The number of benzene rings is 1. The van der Waals surface area contributed by atoms with Gasteiger partial charge in [-0.25, -0.2) is 4.79 Å². The van der Waals surface area contributed by atoms with Gasteiger partial charge in [-0.3, -0.25) is 9.80 Å². The molecule has 1 aromatic carbocycles. The second-order valence-electron chi connectivity index (χ2n) is 9.69. The van der Waals surface area contributed by atoms with Crippen LogP contribution < -0.4 is 0 Å². The molecule has 6 heteroatoms. The second kappa shape index (κ2) is 8.71. The van der Waals surface area contributed by atoms with Crippen molar-refractivity contribution in [3.63, 3.8) is 0 Å². The Labute approximate surface area is 185 Å².